The maximum atomic E-state index is 11.2. The summed E-state index contributed by atoms with van der Waals surface area (Å²) in [5.74, 6) is -1.09. The molecule has 17 heavy (non-hydrogen) atoms. The molecule has 0 aliphatic carbocycles. The lowest BCUT2D eigenvalue weighted by atomic mass is 9.93. The lowest BCUT2D eigenvalue weighted by Crippen LogP contribution is -2.24. The topological polar surface area (TPSA) is 72.0 Å². The first-order valence-electron chi connectivity index (χ1n) is 5.40. The predicted molar refractivity (Wildman–Crippen MR) is 59.2 cm³/mol. The van der Waals surface area contributed by atoms with E-state index in [0.29, 0.717) is 0 Å². The second kappa shape index (κ2) is 3.69. The molecule has 0 unspecified atom stereocenters. The molecule has 1 aromatic carbocycles. The molecule has 0 atom stereocenters. The van der Waals surface area contributed by atoms with Gasteiger partial charge in [-0.1, -0.05) is 18.2 Å². The van der Waals surface area contributed by atoms with Gasteiger partial charge in [0.2, 0.25) is 0 Å². The summed E-state index contributed by atoms with van der Waals surface area (Å²) in [7, 11) is 0. The van der Waals surface area contributed by atoms with Crippen LogP contribution in [0.3, 0.4) is 0 Å². The van der Waals surface area contributed by atoms with Gasteiger partial charge in [0.1, 0.15) is 0 Å². The summed E-state index contributed by atoms with van der Waals surface area (Å²) in [5.41, 5.74) is 1.68. The van der Waals surface area contributed by atoms with Crippen molar-refractivity contribution in [2.45, 2.75) is 18.8 Å². The number of carbonyl (C=O) groups is 2. The minimum absolute atomic E-state index is 0.156. The van der Waals surface area contributed by atoms with Gasteiger partial charge in [-0.3, -0.25) is 14.7 Å². The van der Waals surface area contributed by atoms with Crippen LogP contribution in [-0.2, 0) is 14.3 Å². The van der Waals surface area contributed by atoms with Gasteiger partial charge in [0, 0.05) is 17.0 Å². The fraction of sp³-hybridized carbons (Fsp3) is 0.250. The van der Waals surface area contributed by atoms with Gasteiger partial charge >= 0.3 is 11.9 Å². The van der Waals surface area contributed by atoms with Crippen molar-refractivity contribution in [2.24, 2.45) is 0 Å². The van der Waals surface area contributed by atoms with Crippen molar-refractivity contribution in [1.29, 1.82) is 0 Å². The van der Waals surface area contributed by atoms with Crippen LogP contribution in [-0.4, -0.2) is 22.1 Å². The first kappa shape index (κ1) is 10.0. The van der Waals surface area contributed by atoms with Crippen LogP contribution in [0.25, 0.3) is 10.9 Å². The second-order valence-corrected chi connectivity index (χ2v) is 4.11. The summed E-state index contributed by atoms with van der Waals surface area (Å²) in [5, 5.41) is 8.03. The minimum atomic E-state index is -0.468. The number of para-hydroxylation sites is 1. The first-order chi connectivity index (χ1) is 8.24. The molecule has 1 aromatic heterocycles. The molecule has 1 N–H and O–H groups in total. The molecule has 1 fully saturated rings. The smallest absolute Gasteiger partial charge is 0.314 e. The van der Waals surface area contributed by atoms with E-state index < -0.39 is 11.9 Å². The highest BCUT2D eigenvalue weighted by atomic mass is 16.6. The van der Waals surface area contributed by atoms with E-state index in [1.54, 1.807) is 0 Å². The Labute approximate surface area is 96.8 Å². The Bertz CT molecular complexity index is 587. The number of esters is 2. The van der Waals surface area contributed by atoms with Crippen molar-refractivity contribution >= 4 is 22.8 Å². The summed E-state index contributed by atoms with van der Waals surface area (Å²) >= 11 is 0. The van der Waals surface area contributed by atoms with E-state index in [4.69, 9.17) is 0 Å². The fourth-order valence-electron chi connectivity index (χ4n) is 2.18. The molecule has 1 saturated heterocycles. The van der Waals surface area contributed by atoms with Gasteiger partial charge in [-0.25, -0.2) is 0 Å². The number of nitrogens with zero attached hydrogens (tertiary/aromatic N) is 1. The van der Waals surface area contributed by atoms with E-state index in [0.717, 1.165) is 16.6 Å². The van der Waals surface area contributed by atoms with Crippen LogP contribution in [0.4, 0.5) is 0 Å². The quantitative estimate of drug-likeness (QED) is 0.595. The van der Waals surface area contributed by atoms with E-state index in [2.05, 4.69) is 14.9 Å². The van der Waals surface area contributed by atoms with Crippen LogP contribution in [0.1, 0.15) is 24.5 Å². The van der Waals surface area contributed by atoms with E-state index in [1.807, 2.05) is 24.3 Å². The van der Waals surface area contributed by atoms with E-state index >= 15 is 0 Å². The molecule has 2 aromatic rings. The monoisotopic (exact) mass is 230 g/mol. The molecular weight excluding hydrogens is 220 g/mol. The van der Waals surface area contributed by atoms with Crippen LogP contribution in [0, 0.1) is 0 Å². The van der Waals surface area contributed by atoms with Gasteiger partial charge in [0.25, 0.3) is 0 Å². The standard InChI is InChI=1S/C12H10N2O3/c15-10-5-7(6-11(16)17-10)12-8-3-1-2-4-9(8)13-14-12/h1-4,7H,5-6H2,(H,13,14). The van der Waals surface area contributed by atoms with Gasteiger partial charge < -0.3 is 4.74 Å². The fourth-order valence-corrected chi connectivity index (χ4v) is 2.18. The Hall–Kier alpha value is -2.17. The third-order valence-corrected chi connectivity index (χ3v) is 2.95. The normalized spacial score (nSPS) is 17.4. The highest BCUT2D eigenvalue weighted by Crippen LogP contribution is 2.31. The highest BCUT2D eigenvalue weighted by molar-refractivity contribution is 5.91. The summed E-state index contributed by atoms with van der Waals surface area (Å²) in [4.78, 5) is 22.5. The number of hydrogen-bond acceptors (Lipinski definition) is 4. The van der Waals surface area contributed by atoms with Crippen molar-refractivity contribution in [1.82, 2.24) is 10.2 Å². The lowest BCUT2D eigenvalue weighted by Gasteiger charge is -2.18. The third kappa shape index (κ3) is 1.69. The SMILES string of the molecule is O=C1CC(c2[nH]nc3ccccc23)CC(=O)O1. The van der Waals surface area contributed by atoms with Crippen LogP contribution in [0.15, 0.2) is 24.3 Å². The number of benzene rings is 1. The molecule has 86 valence electrons. The number of carbonyl (C=O) groups excluding carboxylic acids is 2. The Morgan fingerprint density at radius 3 is 2.65 bits per heavy atom. The lowest BCUT2D eigenvalue weighted by molar-refractivity contribution is -0.163. The molecule has 5 nitrogen and oxygen atoms in total. The molecule has 0 bridgehead atoms. The van der Waals surface area contributed by atoms with Gasteiger partial charge in [-0.05, 0) is 6.07 Å². The maximum absolute atomic E-state index is 11.2. The Morgan fingerprint density at radius 2 is 1.88 bits per heavy atom. The van der Waals surface area contributed by atoms with Crippen LogP contribution < -0.4 is 0 Å². The Balaban J connectivity index is 2.03. The number of H-pyrrole nitrogens is 1. The van der Waals surface area contributed by atoms with Gasteiger partial charge in [-0.15, -0.1) is 0 Å². The second-order valence-electron chi connectivity index (χ2n) is 4.11. The molecule has 5 heteroatoms. The minimum Gasteiger partial charge on any atom is -0.393 e. The van der Waals surface area contributed by atoms with E-state index in [1.165, 1.54) is 0 Å². The molecule has 0 spiro atoms. The number of aromatic nitrogens is 2. The number of ether oxygens (including phenoxy) is 1. The summed E-state index contributed by atoms with van der Waals surface area (Å²) < 4.78 is 4.51. The van der Waals surface area contributed by atoms with Crippen molar-refractivity contribution in [3.05, 3.63) is 30.0 Å². The number of rotatable bonds is 1. The van der Waals surface area contributed by atoms with Crippen LogP contribution in [0.5, 0.6) is 0 Å². The van der Waals surface area contributed by atoms with Gasteiger partial charge in [-0.2, -0.15) is 5.10 Å². The average molecular weight is 230 g/mol. The summed E-state index contributed by atoms with van der Waals surface area (Å²) in [6.07, 6.45) is 0.440. The molecule has 3 rings (SSSR count). The van der Waals surface area contributed by atoms with Crippen molar-refractivity contribution in [3.63, 3.8) is 0 Å². The average Bonchev–Trinajstić information content (AvgIpc) is 2.71. The molecular formula is C12H10N2O3. The molecule has 1 aliphatic rings. The van der Waals surface area contributed by atoms with E-state index in [-0.39, 0.29) is 18.8 Å². The first-order valence-corrected chi connectivity index (χ1v) is 5.40. The van der Waals surface area contributed by atoms with Crippen LogP contribution >= 0.6 is 0 Å². The maximum Gasteiger partial charge on any atom is 0.314 e. The molecule has 0 saturated carbocycles. The zero-order chi connectivity index (χ0) is 11.8. The van der Waals surface area contributed by atoms with Crippen molar-refractivity contribution in [3.8, 4) is 0 Å². The highest BCUT2D eigenvalue weighted by Gasteiger charge is 2.30. The molecule has 2 heterocycles. The number of cyclic esters (lactones) is 2. The number of fused-ring (bicyclic) bond motifs is 1. The summed E-state index contributed by atoms with van der Waals surface area (Å²) in [6.45, 7) is 0. The van der Waals surface area contributed by atoms with Crippen LogP contribution in [0.2, 0.25) is 0 Å². The van der Waals surface area contributed by atoms with E-state index in [9.17, 15) is 9.59 Å². The molecule has 0 radical (unpaired) electrons. The van der Waals surface area contributed by atoms with Gasteiger partial charge in [0.05, 0.1) is 18.4 Å². The predicted octanol–water partition coefficient (Wildman–Crippen LogP) is 1.51. The van der Waals surface area contributed by atoms with Crippen molar-refractivity contribution in [2.75, 3.05) is 0 Å². The molecule has 1 aliphatic heterocycles. The van der Waals surface area contributed by atoms with Gasteiger partial charge in [0.15, 0.2) is 0 Å². The number of aromatic amines is 1. The zero-order valence-corrected chi connectivity index (χ0v) is 8.97. The third-order valence-electron chi connectivity index (χ3n) is 2.95. The largest absolute Gasteiger partial charge is 0.393 e. The molecule has 0 amide bonds. The Morgan fingerprint density at radius 1 is 1.18 bits per heavy atom. The zero-order valence-electron chi connectivity index (χ0n) is 8.97. The Kier molecular flexibility index (Phi) is 2.18. The number of hydrogen-bond donors (Lipinski definition) is 1. The van der Waals surface area contributed by atoms with Crippen molar-refractivity contribution < 1.29 is 14.3 Å². The number of nitrogens with one attached hydrogen (secondary N) is 1. The summed E-state index contributed by atoms with van der Waals surface area (Å²) in [6, 6.07) is 7.62.